The number of benzene rings is 1. The van der Waals surface area contributed by atoms with Gasteiger partial charge in [0, 0.05) is 41.1 Å². The van der Waals surface area contributed by atoms with Crippen LogP contribution in [0, 0.1) is 5.41 Å². The van der Waals surface area contributed by atoms with Crippen LogP contribution in [-0.4, -0.2) is 57.8 Å². The van der Waals surface area contributed by atoms with Gasteiger partial charge in [0.05, 0.1) is 18.8 Å². The van der Waals surface area contributed by atoms with Crippen molar-refractivity contribution in [3.8, 4) is 0 Å². The van der Waals surface area contributed by atoms with Crippen LogP contribution >= 0.6 is 0 Å². The third kappa shape index (κ3) is 6.87. The van der Waals surface area contributed by atoms with Crippen LogP contribution in [0.5, 0.6) is 0 Å². The highest BCUT2D eigenvalue weighted by Gasteiger charge is 2.33. The number of aromatic nitrogens is 3. The van der Waals surface area contributed by atoms with Crippen molar-refractivity contribution in [2.24, 2.45) is 5.41 Å². The van der Waals surface area contributed by atoms with Gasteiger partial charge in [-0.2, -0.15) is 0 Å². The van der Waals surface area contributed by atoms with E-state index in [1.54, 1.807) is 52.9 Å². The number of Topliss-reactive ketones (excluding diaryl/α,β-unsaturated/α-hetero) is 1. The van der Waals surface area contributed by atoms with E-state index in [2.05, 4.69) is 20.3 Å². The van der Waals surface area contributed by atoms with Gasteiger partial charge in [-0.3, -0.25) is 14.4 Å². The maximum Gasteiger partial charge on any atom is 0.328 e. The number of ketones is 1. The second kappa shape index (κ2) is 12.6. The van der Waals surface area contributed by atoms with E-state index in [0.717, 1.165) is 10.9 Å². The third-order valence-corrected chi connectivity index (χ3v) is 6.39. The van der Waals surface area contributed by atoms with Gasteiger partial charge in [0.25, 0.3) is 5.91 Å². The summed E-state index contributed by atoms with van der Waals surface area (Å²) in [6, 6.07) is 4.01. The average molecular weight is 537 g/mol. The number of hydrogen-bond acceptors (Lipinski definition) is 8. The largest absolute Gasteiger partial charge is 0.466 e. The van der Waals surface area contributed by atoms with Crippen molar-refractivity contribution >= 4 is 34.7 Å². The number of nitrogens with zero attached hydrogens (tertiary/aromatic N) is 2. The summed E-state index contributed by atoms with van der Waals surface area (Å²) in [7, 11) is 0. The molecule has 0 aliphatic heterocycles. The number of carbonyl (C=O) groups is 4. The molecule has 2 heterocycles. The van der Waals surface area contributed by atoms with Crippen molar-refractivity contribution in [1.82, 2.24) is 20.3 Å². The van der Waals surface area contributed by atoms with E-state index in [-0.39, 0.29) is 48.9 Å². The Balaban J connectivity index is 2.04. The lowest BCUT2D eigenvalue weighted by molar-refractivity contribution is -0.146. The maximum atomic E-state index is 13.8. The van der Waals surface area contributed by atoms with Crippen LogP contribution in [-0.2, 0) is 19.1 Å². The smallest absolute Gasteiger partial charge is 0.328 e. The highest BCUT2D eigenvalue weighted by Crippen LogP contribution is 2.35. The summed E-state index contributed by atoms with van der Waals surface area (Å²) in [5.41, 5.74) is 1.83. The van der Waals surface area contributed by atoms with Crippen LogP contribution in [0.3, 0.4) is 0 Å². The first kappa shape index (κ1) is 29.5. The first-order chi connectivity index (χ1) is 18.5. The zero-order valence-electron chi connectivity index (χ0n) is 23.3. The Morgan fingerprint density at radius 1 is 1.05 bits per heavy atom. The molecular formula is C29H36N4O6. The molecule has 3 aromatic rings. The van der Waals surface area contributed by atoms with Crippen LogP contribution in [0.25, 0.3) is 11.0 Å². The van der Waals surface area contributed by atoms with Crippen molar-refractivity contribution in [3.63, 3.8) is 0 Å². The van der Waals surface area contributed by atoms with E-state index in [1.165, 1.54) is 6.33 Å². The molecule has 1 unspecified atom stereocenters. The van der Waals surface area contributed by atoms with E-state index in [9.17, 15) is 19.2 Å². The molecule has 1 amide bonds. The Morgan fingerprint density at radius 2 is 1.77 bits per heavy atom. The number of amides is 1. The number of fused-ring (bicyclic) bond motifs is 1. The summed E-state index contributed by atoms with van der Waals surface area (Å²) < 4.78 is 10.1. The molecule has 10 heteroatoms. The number of carbonyl (C=O) groups excluding carboxylic acids is 4. The van der Waals surface area contributed by atoms with Crippen molar-refractivity contribution < 1.29 is 28.7 Å². The van der Waals surface area contributed by atoms with E-state index in [0.29, 0.717) is 11.2 Å². The molecule has 1 aromatic carbocycles. The minimum Gasteiger partial charge on any atom is -0.466 e. The van der Waals surface area contributed by atoms with Crippen LogP contribution in [0.2, 0.25) is 0 Å². The molecule has 0 spiro atoms. The zero-order valence-corrected chi connectivity index (χ0v) is 23.3. The van der Waals surface area contributed by atoms with Crippen molar-refractivity contribution in [2.45, 2.75) is 66.3 Å². The predicted octanol–water partition coefficient (Wildman–Crippen LogP) is 4.34. The quantitative estimate of drug-likeness (QED) is 0.272. The molecule has 0 aliphatic rings. The number of ether oxygens (including phenoxy) is 2. The number of hydrogen-bond donors (Lipinski definition) is 2. The number of rotatable bonds is 11. The molecule has 0 bridgehead atoms. The highest BCUT2D eigenvalue weighted by atomic mass is 16.5. The molecule has 39 heavy (non-hydrogen) atoms. The second-order valence-corrected chi connectivity index (χ2v) is 10.2. The first-order valence-corrected chi connectivity index (χ1v) is 13.1. The number of nitrogens with one attached hydrogen (secondary N) is 2. The molecule has 2 atom stereocenters. The molecule has 208 valence electrons. The third-order valence-electron chi connectivity index (χ3n) is 6.39. The predicted molar refractivity (Wildman–Crippen MR) is 145 cm³/mol. The molecule has 2 N–H and O–H groups in total. The number of esters is 2. The van der Waals surface area contributed by atoms with Gasteiger partial charge in [-0.1, -0.05) is 39.8 Å². The standard InChI is InChI=1S/C29H36N4O6/c1-7-38-23(34)13-12-22(28(37)39-8-2)33-27(36)19-11-9-10-18(24(19)25(35)29(4,5)6)17(3)20-15-31-26-21(20)14-30-16-32-26/h9-11,14-17,22H,7-8,12-13H2,1-6H3,(H,33,36)(H,30,31,32)/t17?,22-/m0/s1. The Hall–Kier alpha value is -4.08. The van der Waals surface area contributed by atoms with Gasteiger partial charge in [0.15, 0.2) is 5.78 Å². The Bertz CT molecular complexity index is 1360. The van der Waals surface area contributed by atoms with Gasteiger partial charge in [0.2, 0.25) is 0 Å². The fraction of sp³-hybridized carbons (Fsp3) is 0.448. The van der Waals surface area contributed by atoms with E-state index < -0.39 is 29.3 Å². The molecule has 3 rings (SSSR count). The average Bonchev–Trinajstić information content (AvgIpc) is 3.33. The molecule has 0 saturated carbocycles. The lowest BCUT2D eigenvalue weighted by Crippen LogP contribution is -2.43. The Kier molecular flexibility index (Phi) is 9.56. The van der Waals surface area contributed by atoms with Gasteiger partial charge in [0.1, 0.15) is 18.0 Å². The van der Waals surface area contributed by atoms with E-state index in [1.807, 2.05) is 19.2 Å². The Morgan fingerprint density at radius 3 is 2.44 bits per heavy atom. The number of H-pyrrole nitrogens is 1. The molecule has 0 aliphatic carbocycles. The minimum absolute atomic E-state index is 0.00259. The monoisotopic (exact) mass is 536 g/mol. The minimum atomic E-state index is -1.09. The summed E-state index contributed by atoms with van der Waals surface area (Å²) in [4.78, 5) is 63.5. The second-order valence-electron chi connectivity index (χ2n) is 10.2. The summed E-state index contributed by atoms with van der Waals surface area (Å²) >= 11 is 0. The van der Waals surface area contributed by atoms with Crippen molar-refractivity contribution in [2.75, 3.05) is 13.2 Å². The summed E-state index contributed by atoms with van der Waals surface area (Å²) in [6.07, 6.45) is 4.91. The molecule has 10 nitrogen and oxygen atoms in total. The molecule has 0 fully saturated rings. The summed E-state index contributed by atoms with van der Waals surface area (Å²) in [5.74, 6) is -2.26. The fourth-order valence-corrected chi connectivity index (χ4v) is 4.38. The molecule has 2 aromatic heterocycles. The summed E-state index contributed by atoms with van der Waals surface area (Å²) in [5, 5.41) is 3.51. The van der Waals surface area contributed by atoms with Gasteiger partial charge in [-0.05, 0) is 37.5 Å². The summed E-state index contributed by atoms with van der Waals surface area (Å²) in [6.45, 7) is 11.0. The molecular weight excluding hydrogens is 500 g/mol. The van der Waals surface area contributed by atoms with Gasteiger partial charge < -0.3 is 19.8 Å². The van der Waals surface area contributed by atoms with Crippen LogP contribution in [0.4, 0.5) is 0 Å². The lowest BCUT2D eigenvalue weighted by atomic mass is 9.78. The van der Waals surface area contributed by atoms with Crippen molar-refractivity contribution in [3.05, 3.63) is 59.2 Å². The topological polar surface area (TPSA) is 140 Å². The highest BCUT2D eigenvalue weighted by molar-refractivity contribution is 6.11. The lowest BCUT2D eigenvalue weighted by Gasteiger charge is -2.25. The number of aromatic amines is 1. The van der Waals surface area contributed by atoms with E-state index >= 15 is 0 Å². The van der Waals surface area contributed by atoms with E-state index in [4.69, 9.17) is 9.47 Å². The van der Waals surface area contributed by atoms with Crippen molar-refractivity contribution in [1.29, 1.82) is 0 Å². The SMILES string of the molecule is CCOC(=O)CC[C@H](NC(=O)c1cccc(C(C)c2c[nH]c3ncncc23)c1C(=O)C(C)(C)C)C(=O)OCC. The maximum absolute atomic E-state index is 13.8. The zero-order chi connectivity index (χ0) is 28.7. The molecule has 0 saturated heterocycles. The first-order valence-electron chi connectivity index (χ1n) is 13.1. The van der Waals surface area contributed by atoms with Gasteiger partial charge in [-0.25, -0.2) is 14.8 Å². The Labute approximate surface area is 227 Å². The van der Waals surface area contributed by atoms with Crippen LogP contribution in [0.15, 0.2) is 36.9 Å². The normalized spacial score (nSPS) is 13.0. The fourth-order valence-electron chi connectivity index (χ4n) is 4.38. The molecule has 0 radical (unpaired) electrons. The van der Waals surface area contributed by atoms with Crippen LogP contribution in [0.1, 0.15) is 92.1 Å². The van der Waals surface area contributed by atoms with Crippen LogP contribution < -0.4 is 5.32 Å². The van der Waals surface area contributed by atoms with Gasteiger partial charge in [-0.15, -0.1) is 0 Å². The van der Waals surface area contributed by atoms with Gasteiger partial charge >= 0.3 is 11.9 Å².